The highest BCUT2D eigenvalue weighted by Crippen LogP contribution is 2.16. The molecule has 0 aromatic heterocycles. The lowest BCUT2D eigenvalue weighted by molar-refractivity contribution is -0.138. The van der Waals surface area contributed by atoms with Gasteiger partial charge < -0.3 is 10.2 Å². The Morgan fingerprint density at radius 3 is 2.43 bits per heavy atom. The van der Waals surface area contributed by atoms with Gasteiger partial charge >= 0.3 is 0 Å². The summed E-state index contributed by atoms with van der Waals surface area (Å²) in [4.78, 5) is 27.0. The molecule has 0 aliphatic heterocycles. The van der Waals surface area contributed by atoms with E-state index in [1.807, 2.05) is 31.2 Å². The summed E-state index contributed by atoms with van der Waals surface area (Å²) in [6.45, 7) is 4.56. The molecule has 0 unspecified atom stereocenters. The van der Waals surface area contributed by atoms with Crippen LogP contribution in [0.4, 0.5) is 0 Å². The zero-order chi connectivity index (χ0) is 20.4. The first-order valence-corrected chi connectivity index (χ1v) is 10.9. The van der Waals surface area contributed by atoms with E-state index in [9.17, 15) is 9.59 Å². The summed E-state index contributed by atoms with van der Waals surface area (Å²) in [6, 6.07) is 18.0. The molecule has 4 nitrogen and oxygen atoms in total. The molecule has 0 heterocycles. The van der Waals surface area contributed by atoms with Crippen molar-refractivity contribution in [3.8, 4) is 0 Å². The summed E-state index contributed by atoms with van der Waals surface area (Å²) in [5.41, 5.74) is 3.60. The monoisotopic (exact) mass is 398 g/mol. The number of nitrogens with one attached hydrogen (secondary N) is 1. The van der Waals surface area contributed by atoms with Gasteiger partial charge in [-0.3, -0.25) is 9.59 Å². The number of carbonyl (C=O) groups excluding carboxylic acids is 2. The average Bonchev–Trinajstić information content (AvgIpc) is 2.71. The number of nitrogens with zero attached hydrogens (tertiary/aromatic N) is 1. The lowest BCUT2D eigenvalue weighted by Gasteiger charge is -2.30. The van der Waals surface area contributed by atoms with E-state index in [2.05, 4.69) is 42.6 Å². The molecule has 0 spiro atoms. The van der Waals surface area contributed by atoms with Crippen molar-refractivity contribution >= 4 is 23.6 Å². The molecule has 0 fully saturated rings. The van der Waals surface area contributed by atoms with Crippen molar-refractivity contribution in [2.45, 2.75) is 38.5 Å². The normalized spacial score (nSPS) is 11.7. The Bertz CT molecular complexity index is 764. The molecule has 1 atom stereocenters. The maximum Gasteiger partial charge on any atom is 0.242 e. The molecule has 2 rings (SSSR count). The minimum atomic E-state index is -0.430. The van der Waals surface area contributed by atoms with E-state index >= 15 is 0 Å². The van der Waals surface area contributed by atoms with Gasteiger partial charge in [0.15, 0.2) is 0 Å². The predicted octanol–water partition coefficient (Wildman–Crippen LogP) is 3.82. The number of amides is 2. The topological polar surface area (TPSA) is 49.4 Å². The first kappa shape index (κ1) is 22.0. The second-order valence-electron chi connectivity index (χ2n) is 6.84. The van der Waals surface area contributed by atoms with Gasteiger partial charge in [-0.05, 0) is 30.9 Å². The molecule has 150 valence electrons. The maximum atomic E-state index is 13.0. The van der Waals surface area contributed by atoms with Gasteiger partial charge in [0.25, 0.3) is 0 Å². The van der Waals surface area contributed by atoms with E-state index in [4.69, 9.17) is 0 Å². The fraction of sp³-hybridized carbons (Fsp3) is 0.391. The Kier molecular flexibility index (Phi) is 9.08. The third kappa shape index (κ3) is 6.71. The molecular weight excluding hydrogens is 368 g/mol. The number of hydrogen-bond donors (Lipinski definition) is 1. The third-order valence-electron chi connectivity index (χ3n) is 4.69. The molecule has 0 aliphatic carbocycles. The Hall–Kier alpha value is -2.27. The quantitative estimate of drug-likeness (QED) is 0.662. The first-order valence-electron chi connectivity index (χ1n) is 9.73. The molecule has 5 heteroatoms. The van der Waals surface area contributed by atoms with Crippen molar-refractivity contribution in [2.75, 3.05) is 19.3 Å². The predicted molar refractivity (Wildman–Crippen MR) is 117 cm³/mol. The maximum absolute atomic E-state index is 13.0. The standard InChI is InChI=1S/C23H30N2O2S/c1-4-21(23(27)24-3)25(14-13-19-10-6-5-7-11-19)22(26)17-28-16-20-12-8-9-18(2)15-20/h5-12,15,21H,4,13-14,16-17H2,1-3H3,(H,24,27)/t21-/m1/s1. The van der Waals surface area contributed by atoms with Crippen LogP contribution in [0.3, 0.4) is 0 Å². The average molecular weight is 399 g/mol. The van der Waals surface area contributed by atoms with Crippen molar-refractivity contribution in [3.63, 3.8) is 0 Å². The van der Waals surface area contributed by atoms with Crippen LogP contribution in [-0.4, -0.2) is 42.1 Å². The van der Waals surface area contributed by atoms with E-state index in [-0.39, 0.29) is 11.8 Å². The summed E-state index contributed by atoms with van der Waals surface area (Å²) in [6.07, 6.45) is 1.34. The van der Waals surface area contributed by atoms with Crippen molar-refractivity contribution < 1.29 is 9.59 Å². The van der Waals surface area contributed by atoms with Crippen molar-refractivity contribution in [2.24, 2.45) is 0 Å². The summed E-state index contributed by atoms with van der Waals surface area (Å²) in [5.74, 6) is 1.07. The van der Waals surface area contributed by atoms with Crippen LogP contribution in [0.5, 0.6) is 0 Å². The van der Waals surface area contributed by atoms with Crippen molar-refractivity contribution in [1.82, 2.24) is 10.2 Å². The molecule has 1 N–H and O–H groups in total. The molecule has 0 radical (unpaired) electrons. The second-order valence-corrected chi connectivity index (χ2v) is 7.83. The second kappa shape index (κ2) is 11.5. The summed E-state index contributed by atoms with van der Waals surface area (Å²) >= 11 is 1.60. The van der Waals surface area contributed by atoms with E-state index < -0.39 is 6.04 Å². The van der Waals surface area contributed by atoms with Crippen molar-refractivity contribution in [3.05, 3.63) is 71.3 Å². The lowest BCUT2D eigenvalue weighted by Crippen LogP contribution is -2.50. The van der Waals surface area contributed by atoms with Gasteiger partial charge in [-0.1, -0.05) is 67.1 Å². The van der Waals surface area contributed by atoms with Gasteiger partial charge in [0.1, 0.15) is 6.04 Å². The molecule has 0 bridgehead atoms. The van der Waals surface area contributed by atoms with Crippen LogP contribution in [0.2, 0.25) is 0 Å². The zero-order valence-corrected chi connectivity index (χ0v) is 17.8. The lowest BCUT2D eigenvalue weighted by atomic mass is 10.1. The molecule has 28 heavy (non-hydrogen) atoms. The SMILES string of the molecule is CC[C@H](C(=O)NC)N(CCc1ccccc1)C(=O)CSCc1cccc(C)c1. The van der Waals surface area contributed by atoms with E-state index in [0.717, 1.165) is 12.2 Å². The molecule has 2 aromatic rings. The number of thioether (sulfide) groups is 1. The molecule has 0 aliphatic rings. The number of aryl methyl sites for hydroxylation is 1. The number of carbonyl (C=O) groups is 2. The van der Waals surface area contributed by atoms with Crippen LogP contribution in [0.1, 0.15) is 30.0 Å². The van der Waals surface area contributed by atoms with Crippen LogP contribution in [0, 0.1) is 6.92 Å². The third-order valence-corrected chi connectivity index (χ3v) is 5.68. The Morgan fingerprint density at radius 2 is 1.79 bits per heavy atom. The zero-order valence-electron chi connectivity index (χ0n) is 17.0. The highest BCUT2D eigenvalue weighted by Gasteiger charge is 2.27. The molecule has 0 saturated carbocycles. The van der Waals surface area contributed by atoms with E-state index in [1.54, 1.807) is 23.7 Å². The van der Waals surface area contributed by atoms with Gasteiger partial charge in [-0.15, -0.1) is 11.8 Å². The van der Waals surface area contributed by atoms with E-state index in [0.29, 0.717) is 18.7 Å². The van der Waals surface area contributed by atoms with Gasteiger partial charge in [-0.2, -0.15) is 0 Å². The fourth-order valence-corrected chi connectivity index (χ4v) is 4.06. The molecule has 0 saturated heterocycles. The van der Waals surface area contributed by atoms with Gasteiger partial charge in [0, 0.05) is 19.3 Å². The summed E-state index contributed by atoms with van der Waals surface area (Å²) < 4.78 is 0. The highest BCUT2D eigenvalue weighted by atomic mass is 32.2. The number of benzene rings is 2. The minimum Gasteiger partial charge on any atom is -0.357 e. The van der Waals surface area contributed by atoms with Crippen LogP contribution >= 0.6 is 11.8 Å². The van der Waals surface area contributed by atoms with Gasteiger partial charge in [-0.25, -0.2) is 0 Å². The first-order chi connectivity index (χ1) is 13.5. The Labute approximate surface area is 172 Å². The Balaban J connectivity index is 2.01. The number of hydrogen-bond acceptors (Lipinski definition) is 3. The smallest absolute Gasteiger partial charge is 0.242 e. The molecule has 2 amide bonds. The van der Waals surface area contributed by atoms with Gasteiger partial charge in [0.2, 0.25) is 11.8 Å². The largest absolute Gasteiger partial charge is 0.357 e. The van der Waals surface area contributed by atoms with Crippen LogP contribution in [-0.2, 0) is 21.8 Å². The summed E-state index contributed by atoms with van der Waals surface area (Å²) in [7, 11) is 1.62. The summed E-state index contributed by atoms with van der Waals surface area (Å²) in [5, 5.41) is 2.70. The number of likely N-dealkylation sites (N-methyl/N-ethyl adjacent to an activating group) is 1. The van der Waals surface area contributed by atoms with Crippen molar-refractivity contribution in [1.29, 1.82) is 0 Å². The van der Waals surface area contributed by atoms with Gasteiger partial charge in [0.05, 0.1) is 5.75 Å². The molecular formula is C23H30N2O2S. The van der Waals surface area contributed by atoms with Crippen LogP contribution < -0.4 is 5.32 Å². The minimum absolute atomic E-state index is 0.0176. The fourth-order valence-electron chi connectivity index (χ4n) is 3.20. The van der Waals surface area contributed by atoms with Crippen LogP contribution in [0.15, 0.2) is 54.6 Å². The number of rotatable bonds is 10. The van der Waals surface area contributed by atoms with Crippen LogP contribution in [0.25, 0.3) is 0 Å². The highest BCUT2D eigenvalue weighted by molar-refractivity contribution is 7.99. The molecule has 2 aromatic carbocycles. The Morgan fingerprint density at radius 1 is 1.07 bits per heavy atom. The van der Waals surface area contributed by atoms with E-state index in [1.165, 1.54) is 16.7 Å².